The van der Waals surface area contributed by atoms with Gasteiger partial charge in [-0.25, -0.2) is 9.37 Å². The summed E-state index contributed by atoms with van der Waals surface area (Å²) in [6.45, 7) is 3.29. The van der Waals surface area contributed by atoms with Crippen LogP contribution in [0.3, 0.4) is 0 Å². The number of halogens is 1. The zero-order valence-corrected chi connectivity index (χ0v) is 21.3. The number of aromatic nitrogens is 2. The highest BCUT2D eigenvalue weighted by molar-refractivity contribution is 5.94. The second kappa shape index (κ2) is 11.5. The summed E-state index contributed by atoms with van der Waals surface area (Å²) in [5.41, 5.74) is 3.21. The average Bonchev–Trinajstić information content (AvgIpc) is 2.88. The number of fused-ring (bicyclic) bond motifs is 1. The van der Waals surface area contributed by atoms with Crippen molar-refractivity contribution in [3.05, 3.63) is 81.5 Å². The number of nitrogens with one attached hydrogen (secondary N) is 3. The molecule has 0 bridgehead atoms. The van der Waals surface area contributed by atoms with Crippen molar-refractivity contribution in [1.82, 2.24) is 20.2 Å². The summed E-state index contributed by atoms with van der Waals surface area (Å²) >= 11 is 0. The molecule has 3 N–H and O–H groups in total. The highest BCUT2D eigenvalue weighted by Crippen LogP contribution is 2.29. The fourth-order valence-corrected chi connectivity index (χ4v) is 4.87. The lowest BCUT2D eigenvalue weighted by Crippen LogP contribution is -2.41. The Morgan fingerprint density at radius 1 is 1.22 bits per heavy atom. The molecule has 1 aliphatic carbocycles. The van der Waals surface area contributed by atoms with E-state index in [1.165, 1.54) is 28.5 Å². The lowest BCUT2D eigenvalue weighted by molar-refractivity contribution is -0.122. The van der Waals surface area contributed by atoms with Crippen LogP contribution in [0.1, 0.15) is 48.9 Å². The number of amides is 2. The molecule has 4 rings (SSSR count). The van der Waals surface area contributed by atoms with E-state index in [1.54, 1.807) is 20.0 Å². The molecule has 0 saturated carbocycles. The van der Waals surface area contributed by atoms with Crippen LogP contribution in [0.15, 0.2) is 53.5 Å². The van der Waals surface area contributed by atoms with Crippen molar-refractivity contribution in [1.29, 1.82) is 0 Å². The molecule has 0 spiro atoms. The minimum absolute atomic E-state index is 0.147. The molecule has 1 aromatic heterocycles. The van der Waals surface area contributed by atoms with Crippen molar-refractivity contribution in [3.8, 4) is 11.3 Å². The lowest BCUT2D eigenvalue weighted by atomic mass is 9.88. The van der Waals surface area contributed by atoms with E-state index in [4.69, 9.17) is 0 Å². The summed E-state index contributed by atoms with van der Waals surface area (Å²) in [7, 11) is 1.66. The van der Waals surface area contributed by atoms with Crippen molar-refractivity contribution < 1.29 is 14.0 Å². The summed E-state index contributed by atoms with van der Waals surface area (Å²) in [6.07, 6.45) is 4.68. The molecule has 1 heterocycles. The van der Waals surface area contributed by atoms with Crippen LogP contribution < -0.4 is 21.5 Å². The molecule has 8 nitrogen and oxygen atoms in total. The average molecular weight is 506 g/mol. The topological polar surface area (TPSA) is 105 Å². The van der Waals surface area contributed by atoms with Crippen LogP contribution in [0.2, 0.25) is 0 Å². The number of rotatable bonds is 8. The van der Waals surface area contributed by atoms with Gasteiger partial charge in [0.15, 0.2) is 5.82 Å². The van der Waals surface area contributed by atoms with Gasteiger partial charge in [-0.3, -0.25) is 19.0 Å². The van der Waals surface area contributed by atoms with Gasteiger partial charge in [-0.15, -0.1) is 0 Å². The number of anilines is 1. The summed E-state index contributed by atoms with van der Waals surface area (Å²) in [5, 5.41) is 8.55. The Bertz CT molecular complexity index is 1370. The van der Waals surface area contributed by atoms with Gasteiger partial charge in [0.25, 0.3) is 5.56 Å². The van der Waals surface area contributed by atoms with Gasteiger partial charge in [0.1, 0.15) is 12.4 Å². The number of carbonyl (C=O) groups excluding carboxylic acids is 2. The second-order valence-electron chi connectivity index (χ2n) is 9.29. The normalized spacial score (nSPS) is 15.5. The third-order valence-corrected chi connectivity index (χ3v) is 6.84. The molecule has 1 aliphatic rings. The monoisotopic (exact) mass is 505 g/mol. The number of nitrogens with zero attached hydrogens (tertiary/aromatic N) is 2. The highest BCUT2D eigenvalue weighted by Gasteiger charge is 2.24. The SMILES string of the molecule is CC[C@H](NC)C(=O)Nc1ncc(-c2ccc(F)cc2C)n(CC(=O)N[C@@H]2CCCc3ccccc32)c1=O. The first-order valence-corrected chi connectivity index (χ1v) is 12.5. The summed E-state index contributed by atoms with van der Waals surface area (Å²) in [4.78, 5) is 43.6. The molecule has 0 fully saturated rings. The van der Waals surface area contributed by atoms with Gasteiger partial charge in [0.2, 0.25) is 11.8 Å². The molecule has 0 unspecified atom stereocenters. The van der Waals surface area contributed by atoms with E-state index in [9.17, 15) is 18.8 Å². The van der Waals surface area contributed by atoms with Gasteiger partial charge in [0, 0.05) is 5.56 Å². The van der Waals surface area contributed by atoms with Crippen LogP contribution in [0, 0.1) is 12.7 Å². The summed E-state index contributed by atoms with van der Waals surface area (Å²) in [5.74, 6) is -1.30. The van der Waals surface area contributed by atoms with Gasteiger partial charge in [-0.05, 0) is 74.5 Å². The molecule has 2 atom stereocenters. The fraction of sp³-hybridized carbons (Fsp3) is 0.357. The molecule has 9 heteroatoms. The maximum atomic E-state index is 13.8. The van der Waals surface area contributed by atoms with Crippen molar-refractivity contribution >= 4 is 17.6 Å². The van der Waals surface area contributed by atoms with Crippen LogP contribution in [0.5, 0.6) is 0 Å². The van der Waals surface area contributed by atoms with E-state index in [0.717, 1.165) is 24.8 Å². The predicted octanol–water partition coefficient (Wildman–Crippen LogP) is 3.49. The Labute approximate surface area is 215 Å². The van der Waals surface area contributed by atoms with Gasteiger partial charge in [0.05, 0.1) is 24.0 Å². The van der Waals surface area contributed by atoms with Crippen LogP contribution in [0.4, 0.5) is 10.2 Å². The molecule has 2 aromatic carbocycles. The molecule has 0 radical (unpaired) electrons. The van der Waals surface area contributed by atoms with Gasteiger partial charge in [-0.2, -0.15) is 0 Å². The third-order valence-electron chi connectivity index (χ3n) is 6.84. The largest absolute Gasteiger partial charge is 0.348 e. The van der Waals surface area contributed by atoms with E-state index < -0.39 is 23.3 Å². The Morgan fingerprint density at radius 3 is 2.73 bits per heavy atom. The molecule has 2 amide bonds. The van der Waals surface area contributed by atoms with Crippen LogP contribution in [-0.4, -0.2) is 34.5 Å². The highest BCUT2D eigenvalue weighted by atomic mass is 19.1. The first kappa shape index (κ1) is 26.2. The number of aryl methyl sites for hydroxylation is 2. The van der Waals surface area contributed by atoms with E-state index in [-0.39, 0.29) is 24.3 Å². The first-order chi connectivity index (χ1) is 17.8. The maximum Gasteiger partial charge on any atom is 0.294 e. The molecule has 0 saturated heterocycles. The van der Waals surface area contributed by atoms with E-state index in [2.05, 4.69) is 27.0 Å². The van der Waals surface area contributed by atoms with E-state index in [0.29, 0.717) is 23.2 Å². The number of benzene rings is 2. The second-order valence-corrected chi connectivity index (χ2v) is 9.29. The summed E-state index contributed by atoms with van der Waals surface area (Å²) < 4.78 is 15.1. The molecular formula is C28H32FN5O3. The van der Waals surface area contributed by atoms with Crippen molar-refractivity contribution in [2.75, 3.05) is 12.4 Å². The zero-order chi connectivity index (χ0) is 26.5. The standard InChI is InChI=1S/C28H32FN5O3/c1-4-22(30-3)27(36)33-26-28(37)34(24(15-31-26)20-13-12-19(29)14-17(20)2)16-25(35)32-23-11-7-9-18-8-5-6-10-21(18)23/h5-6,8,10,12-15,22-23,30H,4,7,9,11,16H2,1-3H3,(H,32,35)(H,31,33,36)/t22-,23+/m0/s1. The van der Waals surface area contributed by atoms with E-state index >= 15 is 0 Å². The molecule has 0 aliphatic heterocycles. The molecule has 37 heavy (non-hydrogen) atoms. The Morgan fingerprint density at radius 2 is 2.00 bits per heavy atom. The van der Waals surface area contributed by atoms with Crippen LogP contribution in [-0.2, 0) is 22.6 Å². The number of likely N-dealkylation sites (N-methyl/N-ethyl adjacent to an activating group) is 1. The summed E-state index contributed by atoms with van der Waals surface area (Å²) in [6, 6.07) is 11.6. The van der Waals surface area contributed by atoms with Gasteiger partial charge >= 0.3 is 0 Å². The molecule has 194 valence electrons. The third kappa shape index (κ3) is 5.77. The first-order valence-electron chi connectivity index (χ1n) is 12.5. The molecular weight excluding hydrogens is 473 g/mol. The number of hydrogen-bond donors (Lipinski definition) is 3. The number of hydrogen-bond acceptors (Lipinski definition) is 5. The smallest absolute Gasteiger partial charge is 0.294 e. The van der Waals surface area contributed by atoms with Crippen LogP contribution >= 0.6 is 0 Å². The minimum Gasteiger partial charge on any atom is -0.348 e. The van der Waals surface area contributed by atoms with Crippen molar-refractivity contribution in [3.63, 3.8) is 0 Å². The zero-order valence-electron chi connectivity index (χ0n) is 21.3. The minimum atomic E-state index is -0.611. The Kier molecular flexibility index (Phi) is 8.13. The fourth-order valence-electron chi connectivity index (χ4n) is 4.87. The number of carbonyl (C=O) groups is 2. The van der Waals surface area contributed by atoms with E-state index in [1.807, 2.05) is 25.1 Å². The maximum absolute atomic E-state index is 13.8. The van der Waals surface area contributed by atoms with Crippen molar-refractivity contribution in [2.24, 2.45) is 0 Å². The van der Waals surface area contributed by atoms with Crippen molar-refractivity contribution in [2.45, 2.75) is 58.2 Å². The lowest BCUT2D eigenvalue weighted by Gasteiger charge is -2.26. The van der Waals surface area contributed by atoms with Crippen LogP contribution in [0.25, 0.3) is 11.3 Å². The molecule has 3 aromatic rings. The Hall–Kier alpha value is -3.85. The predicted molar refractivity (Wildman–Crippen MR) is 141 cm³/mol. The van der Waals surface area contributed by atoms with Gasteiger partial charge in [-0.1, -0.05) is 31.2 Å². The Balaban J connectivity index is 1.68. The quantitative estimate of drug-likeness (QED) is 0.435. The van der Waals surface area contributed by atoms with Gasteiger partial charge < -0.3 is 16.0 Å².